The second kappa shape index (κ2) is 7.78. The fraction of sp³-hybridized carbons (Fsp3) is 0.500. The van der Waals surface area contributed by atoms with Gasteiger partial charge >= 0.3 is 0 Å². The summed E-state index contributed by atoms with van der Waals surface area (Å²) in [6.07, 6.45) is 2.29. The maximum atomic E-state index is 11.9. The van der Waals surface area contributed by atoms with Crippen molar-refractivity contribution in [3.8, 4) is 0 Å². The fourth-order valence-corrected chi connectivity index (χ4v) is 2.37. The van der Waals surface area contributed by atoms with Gasteiger partial charge in [-0.3, -0.25) is 9.59 Å². The molecule has 114 valence electrons. The van der Waals surface area contributed by atoms with Crippen LogP contribution in [0.25, 0.3) is 0 Å². The molecule has 21 heavy (non-hydrogen) atoms. The molecule has 0 radical (unpaired) electrons. The zero-order chi connectivity index (χ0) is 15.1. The van der Waals surface area contributed by atoms with Crippen molar-refractivity contribution in [2.75, 3.05) is 18.4 Å². The van der Waals surface area contributed by atoms with Crippen molar-refractivity contribution in [2.24, 2.45) is 5.92 Å². The van der Waals surface area contributed by atoms with Crippen molar-refractivity contribution in [3.63, 3.8) is 0 Å². The molecule has 1 aliphatic rings. The highest BCUT2D eigenvalue weighted by molar-refractivity contribution is 5.90. The average molecular weight is 289 g/mol. The van der Waals surface area contributed by atoms with E-state index in [1.807, 2.05) is 31.2 Å². The van der Waals surface area contributed by atoms with Crippen LogP contribution >= 0.6 is 0 Å². The van der Waals surface area contributed by atoms with E-state index in [4.69, 9.17) is 0 Å². The molecular weight excluding hydrogens is 266 g/mol. The first kappa shape index (κ1) is 15.5. The first-order chi connectivity index (χ1) is 10.2. The number of benzene rings is 1. The molecule has 0 aromatic heterocycles. The third-order valence-electron chi connectivity index (χ3n) is 3.61. The van der Waals surface area contributed by atoms with Crippen LogP contribution in [0.2, 0.25) is 0 Å². The van der Waals surface area contributed by atoms with Crippen LogP contribution in [0.1, 0.15) is 31.7 Å². The SMILES string of the molecule is CCCC(=O)Nc1ccc(CNC(=O)C2CCNC2)cc1. The molecule has 5 nitrogen and oxygen atoms in total. The van der Waals surface area contributed by atoms with Gasteiger partial charge in [-0.15, -0.1) is 0 Å². The molecule has 1 fully saturated rings. The van der Waals surface area contributed by atoms with E-state index in [1.54, 1.807) is 0 Å². The van der Waals surface area contributed by atoms with Gasteiger partial charge < -0.3 is 16.0 Å². The molecule has 1 unspecified atom stereocenters. The minimum Gasteiger partial charge on any atom is -0.352 e. The van der Waals surface area contributed by atoms with E-state index in [-0.39, 0.29) is 17.7 Å². The first-order valence-corrected chi connectivity index (χ1v) is 7.56. The Balaban J connectivity index is 1.79. The lowest BCUT2D eigenvalue weighted by molar-refractivity contribution is -0.124. The van der Waals surface area contributed by atoms with Crippen molar-refractivity contribution in [2.45, 2.75) is 32.7 Å². The molecule has 0 bridgehead atoms. The van der Waals surface area contributed by atoms with Crippen LogP contribution in [0.5, 0.6) is 0 Å². The molecule has 2 amide bonds. The van der Waals surface area contributed by atoms with E-state index >= 15 is 0 Å². The fourth-order valence-electron chi connectivity index (χ4n) is 2.37. The Bertz CT molecular complexity index is 479. The predicted octanol–water partition coefficient (Wildman–Crippen LogP) is 1.65. The molecule has 0 spiro atoms. The van der Waals surface area contributed by atoms with Gasteiger partial charge in [0.1, 0.15) is 0 Å². The highest BCUT2D eigenvalue weighted by Gasteiger charge is 2.21. The van der Waals surface area contributed by atoms with Crippen molar-refractivity contribution >= 4 is 17.5 Å². The van der Waals surface area contributed by atoms with E-state index in [9.17, 15) is 9.59 Å². The smallest absolute Gasteiger partial charge is 0.224 e. The third-order valence-corrected chi connectivity index (χ3v) is 3.61. The van der Waals surface area contributed by atoms with Gasteiger partial charge in [-0.05, 0) is 37.1 Å². The number of carbonyl (C=O) groups excluding carboxylic acids is 2. The number of hydrogen-bond donors (Lipinski definition) is 3. The summed E-state index contributed by atoms with van der Waals surface area (Å²) in [7, 11) is 0. The Kier molecular flexibility index (Phi) is 5.75. The van der Waals surface area contributed by atoms with E-state index in [0.29, 0.717) is 13.0 Å². The normalized spacial score (nSPS) is 17.5. The van der Waals surface area contributed by atoms with Gasteiger partial charge in [0, 0.05) is 25.2 Å². The Hall–Kier alpha value is -1.88. The first-order valence-electron chi connectivity index (χ1n) is 7.56. The van der Waals surface area contributed by atoms with Crippen LogP contribution in [-0.4, -0.2) is 24.9 Å². The van der Waals surface area contributed by atoms with Gasteiger partial charge in [0.2, 0.25) is 11.8 Å². The number of carbonyl (C=O) groups is 2. The lowest BCUT2D eigenvalue weighted by atomic mass is 10.1. The summed E-state index contributed by atoms with van der Waals surface area (Å²) in [5.74, 6) is 0.241. The topological polar surface area (TPSA) is 70.2 Å². The summed E-state index contributed by atoms with van der Waals surface area (Å²) in [5.41, 5.74) is 1.83. The average Bonchev–Trinajstić information content (AvgIpc) is 3.01. The Labute approximate surface area is 125 Å². The maximum absolute atomic E-state index is 11.9. The second-order valence-corrected chi connectivity index (χ2v) is 5.40. The molecule has 1 heterocycles. The number of amides is 2. The molecular formula is C16H23N3O2. The Morgan fingerprint density at radius 1 is 1.29 bits per heavy atom. The Morgan fingerprint density at radius 2 is 2.05 bits per heavy atom. The summed E-state index contributed by atoms with van der Waals surface area (Å²) in [6.45, 7) is 4.20. The molecule has 2 rings (SSSR count). The molecule has 1 aromatic rings. The summed E-state index contributed by atoms with van der Waals surface area (Å²) in [5, 5.41) is 8.99. The Morgan fingerprint density at radius 3 is 2.67 bits per heavy atom. The minimum absolute atomic E-state index is 0.0345. The second-order valence-electron chi connectivity index (χ2n) is 5.40. The van der Waals surface area contributed by atoms with E-state index in [2.05, 4.69) is 16.0 Å². The van der Waals surface area contributed by atoms with E-state index in [1.165, 1.54) is 0 Å². The molecule has 1 atom stereocenters. The summed E-state index contributed by atoms with van der Waals surface area (Å²) in [4.78, 5) is 23.4. The molecule has 0 saturated carbocycles. The molecule has 5 heteroatoms. The van der Waals surface area contributed by atoms with Crippen LogP contribution in [0, 0.1) is 5.92 Å². The van der Waals surface area contributed by atoms with E-state index < -0.39 is 0 Å². The van der Waals surface area contributed by atoms with Gasteiger partial charge in [-0.1, -0.05) is 19.1 Å². The van der Waals surface area contributed by atoms with Crippen molar-refractivity contribution < 1.29 is 9.59 Å². The number of hydrogen-bond acceptors (Lipinski definition) is 3. The lowest BCUT2D eigenvalue weighted by Crippen LogP contribution is -2.31. The van der Waals surface area contributed by atoms with Crippen LogP contribution in [0.4, 0.5) is 5.69 Å². The minimum atomic E-state index is 0.0345. The largest absolute Gasteiger partial charge is 0.352 e. The number of anilines is 1. The number of nitrogens with one attached hydrogen (secondary N) is 3. The van der Waals surface area contributed by atoms with Gasteiger partial charge in [0.25, 0.3) is 0 Å². The quantitative estimate of drug-likeness (QED) is 0.746. The van der Waals surface area contributed by atoms with Gasteiger partial charge in [-0.25, -0.2) is 0 Å². The molecule has 0 aliphatic carbocycles. The van der Waals surface area contributed by atoms with Crippen LogP contribution in [0.15, 0.2) is 24.3 Å². The van der Waals surface area contributed by atoms with E-state index in [0.717, 1.165) is 37.2 Å². The molecule has 3 N–H and O–H groups in total. The zero-order valence-electron chi connectivity index (χ0n) is 12.4. The molecule has 1 aromatic carbocycles. The van der Waals surface area contributed by atoms with Crippen LogP contribution in [0.3, 0.4) is 0 Å². The van der Waals surface area contributed by atoms with Gasteiger partial charge in [0.05, 0.1) is 5.92 Å². The molecule has 1 saturated heterocycles. The van der Waals surface area contributed by atoms with Gasteiger partial charge in [0.15, 0.2) is 0 Å². The third kappa shape index (κ3) is 4.86. The highest BCUT2D eigenvalue weighted by atomic mass is 16.2. The monoisotopic (exact) mass is 289 g/mol. The lowest BCUT2D eigenvalue weighted by Gasteiger charge is -2.10. The number of rotatable bonds is 6. The summed E-state index contributed by atoms with van der Waals surface area (Å²) < 4.78 is 0. The van der Waals surface area contributed by atoms with Crippen LogP contribution < -0.4 is 16.0 Å². The van der Waals surface area contributed by atoms with Crippen LogP contribution in [-0.2, 0) is 16.1 Å². The molecule has 1 aliphatic heterocycles. The maximum Gasteiger partial charge on any atom is 0.224 e. The van der Waals surface area contributed by atoms with Crippen molar-refractivity contribution in [1.29, 1.82) is 0 Å². The predicted molar refractivity (Wildman–Crippen MR) is 82.8 cm³/mol. The van der Waals surface area contributed by atoms with Crippen molar-refractivity contribution in [3.05, 3.63) is 29.8 Å². The summed E-state index contributed by atoms with van der Waals surface area (Å²) in [6, 6.07) is 7.59. The standard InChI is InChI=1S/C16H23N3O2/c1-2-3-15(20)19-14-6-4-12(5-7-14)10-18-16(21)13-8-9-17-11-13/h4-7,13,17H,2-3,8-11H2,1H3,(H,18,21)(H,19,20). The zero-order valence-corrected chi connectivity index (χ0v) is 12.4. The van der Waals surface area contributed by atoms with Crippen molar-refractivity contribution in [1.82, 2.24) is 10.6 Å². The van der Waals surface area contributed by atoms with Gasteiger partial charge in [-0.2, -0.15) is 0 Å². The summed E-state index contributed by atoms with van der Waals surface area (Å²) >= 11 is 0. The highest BCUT2D eigenvalue weighted by Crippen LogP contribution is 2.11.